The Morgan fingerprint density at radius 3 is 1.33 bits per heavy atom. The molecule has 0 aromatic carbocycles. The molecule has 0 saturated heterocycles. The van der Waals surface area contributed by atoms with Crippen LogP contribution >= 0.6 is 0 Å². The molecule has 0 aliphatic heterocycles. The molecule has 0 amide bonds. The van der Waals surface area contributed by atoms with Crippen molar-refractivity contribution in [3.05, 3.63) is 0 Å². The van der Waals surface area contributed by atoms with Gasteiger partial charge in [0.25, 0.3) is 0 Å². The maximum absolute atomic E-state index is 11.5. The van der Waals surface area contributed by atoms with Crippen molar-refractivity contribution in [1.82, 2.24) is 0 Å². The van der Waals surface area contributed by atoms with E-state index < -0.39 is 13.3 Å². The molecule has 0 N–H and O–H groups in total. The summed E-state index contributed by atoms with van der Waals surface area (Å²) in [6.07, 6.45) is 0. The van der Waals surface area contributed by atoms with Crippen LogP contribution in [0.1, 0.15) is 0 Å². The van der Waals surface area contributed by atoms with Crippen molar-refractivity contribution in [3.63, 3.8) is 0 Å². The fraction of sp³-hybridized carbons (Fsp3) is 1.00. The van der Waals surface area contributed by atoms with E-state index in [4.69, 9.17) is 18.9 Å². The summed E-state index contributed by atoms with van der Waals surface area (Å²) in [6.45, 7) is 0.805. The predicted molar refractivity (Wildman–Crippen MR) is 50.4 cm³/mol. The van der Waals surface area contributed by atoms with Crippen LogP contribution in [0, 0.1) is 0 Å². The van der Waals surface area contributed by atoms with E-state index in [1.807, 2.05) is 0 Å². The minimum atomic E-state index is -0.484. The third-order valence-electron chi connectivity index (χ3n) is 1.35. The Morgan fingerprint density at radius 1 is 0.533 bits per heavy atom. The van der Waals surface area contributed by atoms with Crippen molar-refractivity contribution < 1.29 is 27.7 Å². The zero-order valence-electron chi connectivity index (χ0n) is 8.75. The second-order valence-electron chi connectivity index (χ2n) is 2.54. The first-order chi connectivity index (χ1) is 7.41. The summed E-state index contributed by atoms with van der Waals surface area (Å²) in [5, 5.41) is 0. The summed E-state index contributed by atoms with van der Waals surface area (Å²) < 4.78 is 42.7. The Kier molecular flexibility index (Phi) is 13.4. The molecule has 0 aliphatic carbocycles. The molecule has 0 atom stereocenters. The van der Waals surface area contributed by atoms with E-state index in [1.54, 1.807) is 0 Å². The van der Waals surface area contributed by atoms with E-state index >= 15 is 0 Å². The first-order valence-electron chi connectivity index (χ1n) is 4.84. The molecule has 0 unspecified atom stereocenters. The number of ether oxygens (including phenoxy) is 4. The van der Waals surface area contributed by atoms with Gasteiger partial charge in [-0.1, -0.05) is 0 Å². The monoisotopic (exact) mass is 228 g/mol. The molecule has 6 heteroatoms. The summed E-state index contributed by atoms with van der Waals surface area (Å²) in [7, 11) is 0. The van der Waals surface area contributed by atoms with E-state index in [9.17, 15) is 8.78 Å². The highest BCUT2D eigenvalue weighted by molar-refractivity contribution is 4.30. The summed E-state index contributed by atoms with van der Waals surface area (Å²) in [4.78, 5) is 0. The first kappa shape index (κ1) is 14.7. The fourth-order valence-electron chi connectivity index (χ4n) is 0.726. The normalized spacial score (nSPS) is 10.8. The second kappa shape index (κ2) is 13.7. The molecule has 92 valence electrons. The van der Waals surface area contributed by atoms with Crippen molar-refractivity contribution in [2.75, 3.05) is 59.8 Å². The van der Waals surface area contributed by atoms with Crippen LogP contribution in [0.3, 0.4) is 0 Å². The van der Waals surface area contributed by atoms with Gasteiger partial charge in [-0.2, -0.15) is 0 Å². The largest absolute Gasteiger partial charge is 0.376 e. The molecule has 0 bridgehead atoms. The van der Waals surface area contributed by atoms with Crippen molar-refractivity contribution in [3.8, 4) is 0 Å². The van der Waals surface area contributed by atoms with Gasteiger partial charge in [-0.05, 0) is 0 Å². The molecule has 0 aromatic rings. The van der Waals surface area contributed by atoms with E-state index in [0.29, 0.717) is 26.4 Å². The van der Waals surface area contributed by atoms with Gasteiger partial charge in [0.1, 0.15) is 20.1 Å². The third kappa shape index (κ3) is 13.7. The van der Waals surface area contributed by atoms with Gasteiger partial charge < -0.3 is 18.9 Å². The molecule has 0 radical (unpaired) electrons. The number of rotatable bonds is 12. The topological polar surface area (TPSA) is 36.9 Å². The molecule has 15 heavy (non-hydrogen) atoms. The van der Waals surface area contributed by atoms with Crippen LogP contribution < -0.4 is 0 Å². The molecule has 0 heterocycles. The molecule has 0 fully saturated rings. The van der Waals surface area contributed by atoms with Gasteiger partial charge in [-0.15, -0.1) is 0 Å². The number of halogens is 2. The maximum atomic E-state index is 11.5. The minimum Gasteiger partial charge on any atom is -0.376 e. The zero-order valence-corrected chi connectivity index (χ0v) is 8.75. The summed E-state index contributed by atoms with van der Waals surface area (Å²) in [5.41, 5.74) is 0. The van der Waals surface area contributed by atoms with Gasteiger partial charge in [-0.3, -0.25) is 0 Å². The molecule has 0 rings (SSSR count). The Labute approximate surface area is 88.4 Å². The lowest BCUT2D eigenvalue weighted by atomic mass is 10.7. The van der Waals surface area contributed by atoms with Crippen molar-refractivity contribution >= 4 is 0 Å². The molecule has 0 saturated carbocycles. The van der Waals surface area contributed by atoms with Gasteiger partial charge in [0.05, 0.1) is 39.6 Å². The highest BCUT2D eigenvalue weighted by Crippen LogP contribution is 1.83. The second-order valence-corrected chi connectivity index (χ2v) is 2.54. The SMILES string of the molecule is FCCOCCOCOCCOCCF. The Bertz CT molecular complexity index is 104. The average Bonchev–Trinajstić information content (AvgIpc) is 2.26. The molecule has 0 aromatic heterocycles. The molecule has 0 aliphatic rings. The molecular formula is C9H18F2O4. The van der Waals surface area contributed by atoms with Crippen LogP contribution in [-0.2, 0) is 18.9 Å². The standard InChI is InChI=1S/C9H18F2O4/c10-1-3-12-5-7-14-9-15-8-6-13-4-2-11/h1-9H2. The van der Waals surface area contributed by atoms with Gasteiger partial charge in [0.15, 0.2) is 0 Å². The van der Waals surface area contributed by atoms with Crippen LogP contribution in [0.5, 0.6) is 0 Å². The molecule has 4 nitrogen and oxygen atoms in total. The Balaban J connectivity index is 2.81. The zero-order chi connectivity index (χ0) is 11.2. The smallest absolute Gasteiger partial charge is 0.146 e. The summed E-state index contributed by atoms with van der Waals surface area (Å²) >= 11 is 0. The van der Waals surface area contributed by atoms with E-state index in [0.717, 1.165) is 0 Å². The maximum Gasteiger partial charge on any atom is 0.146 e. The summed E-state index contributed by atoms with van der Waals surface area (Å²) in [5.74, 6) is 0. The van der Waals surface area contributed by atoms with Crippen LogP contribution in [0.2, 0.25) is 0 Å². The quantitative estimate of drug-likeness (QED) is 0.368. The predicted octanol–water partition coefficient (Wildman–Crippen LogP) is 0.949. The number of hydrogen-bond donors (Lipinski definition) is 0. The van der Waals surface area contributed by atoms with Crippen LogP contribution in [0.25, 0.3) is 0 Å². The molecular weight excluding hydrogens is 210 g/mol. The van der Waals surface area contributed by atoms with Crippen LogP contribution in [0.4, 0.5) is 8.78 Å². The van der Waals surface area contributed by atoms with Gasteiger partial charge >= 0.3 is 0 Å². The molecule has 0 spiro atoms. The lowest BCUT2D eigenvalue weighted by molar-refractivity contribution is -0.0820. The average molecular weight is 228 g/mol. The Hall–Kier alpha value is -0.300. The highest BCUT2D eigenvalue weighted by atomic mass is 19.1. The first-order valence-corrected chi connectivity index (χ1v) is 4.84. The van der Waals surface area contributed by atoms with Crippen molar-refractivity contribution in [2.24, 2.45) is 0 Å². The number of hydrogen-bond acceptors (Lipinski definition) is 4. The van der Waals surface area contributed by atoms with E-state index in [2.05, 4.69) is 0 Å². The van der Waals surface area contributed by atoms with E-state index in [-0.39, 0.29) is 20.0 Å². The van der Waals surface area contributed by atoms with Crippen molar-refractivity contribution in [2.45, 2.75) is 0 Å². The van der Waals surface area contributed by atoms with Crippen LogP contribution in [-0.4, -0.2) is 59.8 Å². The lowest BCUT2D eigenvalue weighted by Gasteiger charge is -2.06. The third-order valence-corrected chi connectivity index (χ3v) is 1.35. The van der Waals surface area contributed by atoms with Crippen molar-refractivity contribution in [1.29, 1.82) is 0 Å². The van der Waals surface area contributed by atoms with E-state index in [1.165, 1.54) is 0 Å². The highest BCUT2D eigenvalue weighted by Gasteiger charge is 1.91. The summed E-state index contributed by atoms with van der Waals surface area (Å²) in [6, 6.07) is 0. The minimum absolute atomic E-state index is 0.0985. The fourth-order valence-corrected chi connectivity index (χ4v) is 0.726. The van der Waals surface area contributed by atoms with Gasteiger partial charge in [-0.25, -0.2) is 8.78 Å². The van der Waals surface area contributed by atoms with Gasteiger partial charge in [0.2, 0.25) is 0 Å². The van der Waals surface area contributed by atoms with Gasteiger partial charge in [0, 0.05) is 0 Å². The lowest BCUT2D eigenvalue weighted by Crippen LogP contribution is -2.11. The Morgan fingerprint density at radius 2 is 0.933 bits per heavy atom. The van der Waals surface area contributed by atoms with Crippen LogP contribution in [0.15, 0.2) is 0 Å². The number of alkyl halides is 2.